The van der Waals surface area contributed by atoms with Gasteiger partial charge < -0.3 is 5.32 Å². The highest BCUT2D eigenvalue weighted by Gasteiger charge is 2.24. The molecule has 1 aromatic heterocycles. The van der Waals surface area contributed by atoms with E-state index in [0.717, 1.165) is 18.5 Å². The molecule has 148 valence electrons. The number of aromatic nitrogens is 2. The standard InChI is InChI=1S/C18H14F2N6O3/c1-10-4-2-3-5-12(10)18(27)25-24-17-15(26(28)29)16(21-9-22-17)23-11-6-7-13(19)14(20)8-11/h2-9H,1H3,(H,25,27)(H2,21,22,23,24). The lowest BCUT2D eigenvalue weighted by Gasteiger charge is -2.12. The summed E-state index contributed by atoms with van der Waals surface area (Å²) in [6.07, 6.45) is 1.01. The predicted octanol–water partition coefficient (Wildman–Crippen LogP) is 3.47. The summed E-state index contributed by atoms with van der Waals surface area (Å²) >= 11 is 0. The first-order valence-electron chi connectivity index (χ1n) is 8.20. The summed E-state index contributed by atoms with van der Waals surface area (Å²) in [5.41, 5.74) is 5.27. The molecule has 0 spiro atoms. The number of aryl methyl sites for hydroxylation is 1. The molecule has 3 rings (SSSR count). The van der Waals surface area contributed by atoms with Crippen molar-refractivity contribution in [3.63, 3.8) is 0 Å². The van der Waals surface area contributed by atoms with Crippen LogP contribution in [0.2, 0.25) is 0 Å². The Hall–Kier alpha value is -4.15. The van der Waals surface area contributed by atoms with Crippen molar-refractivity contribution in [2.75, 3.05) is 10.7 Å². The molecule has 2 aromatic carbocycles. The number of hydrogen-bond donors (Lipinski definition) is 3. The van der Waals surface area contributed by atoms with Gasteiger partial charge in [0.1, 0.15) is 6.33 Å². The first-order chi connectivity index (χ1) is 13.9. The predicted molar refractivity (Wildman–Crippen MR) is 101 cm³/mol. The maximum atomic E-state index is 13.4. The van der Waals surface area contributed by atoms with Gasteiger partial charge in [-0.05, 0) is 30.7 Å². The number of hydrazine groups is 1. The Bertz CT molecular complexity index is 1090. The average Bonchev–Trinajstić information content (AvgIpc) is 2.69. The van der Waals surface area contributed by atoms with Gasteiger partial charge in [0.15, 0.2) is 11.6 Å². The van der Waals surface area contributed by atoms with E-state index in [0.29, 0.717) is 11.1 Å². The van der Waals surface area contributed by atoms with E-state index in [-0.39, 0.29) is 17.3 Å². The van der Waals surface area contributed by atoms with Gasteiger partial charge >= 0.3 is 5.69 Å². The molecule has 0 bridgehead atoms. The second-order valence-electron chi connectivity index (χ2n) is 5.82. The molecule has 0 atom stereocenters. The van der Waals surface area contributed by atoms with Gasteiger partial charge in [0.2, 0.25) is 11.6 Å². The maximum absolute atomic E-state index is 13.4. The Balaban J connectivity index is 1.85. The van der Waals surface area contributed by atoms with E-state index in [9.17, 15) is 23.7 Å². The van der Waals surface area contributed by atoms with Crippen LogP contribution in [0, 0.1) is 28.7 Å². The topological polar surface area (TPSA) is 122 Å². The minimum atomic E-state index is -1.13. The van der Waals surface area contributed by atoms with Crippen molar-refractivity contribution in [2.24, 2.45) is 0 Å². The molecule has 0 aliphatic rings. The summed E-state index contributed by atoms with van der Waals surface area (Å²) in [5.74, 6) is -3.28. The largest absolute Gasteiger partial charge is 0.355 e. The quantitative estimate of drug-likeness (QED) is 0.428. The third-order valence-electron chi connectivity index (χ3n) is 3.87. The van der Waals surface area contributed by atoms with Gasteiger partial charge in [-0.15, -0.1) is 0 Å². The summed E-state index contributed by atoms with van der Waals surface area (Å²) < 4.78 is 26.4. The van der Waals surface area contributed by atoms with Crippen LogP contribution in [-0.4, -0.2) is 20.8 Å². The summed E-state index contributed by atoms with van der Waals surface area (Å²) in [7, 11) is 0. The van der Waals surface area contributed by atoms with Crippen LogP contribution < -0.4 is 16.2 Å². The summed E-state index contributed by atoms with van der Waals surface area (Å²) in [6, 6.07) is 9.67. The van der Waals surface area contributed by atoms with Crippen molar-refractivity contribution < 1.29 is 18.5 Å². The van der Waals surface area contributed by atoms with Crippen molar-refractivity contribution in [3.05, 3.63) is 81.7 Å². The van der Waals surface area contributed by atoms with Crippen LogP contribution >= 0.6 is 0 Å². The number of nitrogens with zero attached hydrogens (tertiary/aromatic N) is 3. The summed E-state index contributed by atoms with van der Waals surface area (Å²) in [5, 5.41) is 14.1. The molecular weight excluding hydrogens is 386 g/mol. The molecule has 0 fully saturated rings. The number of amides is 1. The van der Waals surface area contributed by atoms with E-state index in [1.54, 1.807) is 31.2 Å². The molecule has 3 aromatic rings. The van der Waals surface area contributed by atoms with Gasteiger partial charge in [0.05, 0.1) is 4.92 Å². The lowest BCUT2D eigenvalue weighted by molar-refractivity contribution is -0.383. The van der Waals surface area contributed by atoms with Crippen LogP contribution in [0.15, 0.2) is 48.8 Å². The van der Waals surface area contributed by atoms with Crippen molar-refractivity contribution >= 4 is 28.9 Å². The van der Waals surface area contributed by atoms with Gasteiger partial charge in [-0.2, -0.15) is 0 Å². The Kier molecular flexibility index (Phi) is 5.58. The van der Waals surface area contributed by atoms with Crippen LogP contribution in [0.4, 0.5) is 31.8 Å². The van der Waals surface area contributed by atoms with Crippen molar-refractivity contribution in [1.82, 2.24) is 15.4 Å². The molecular formula is C18H14F2N6O3. The van der Waals surface area contributed by atoms with Crippen molar-refractivity contribution in [1.29, 1.82) is 0 Å². The van der Waals surface area contributed by atoms with E-state index in [1.807, 2.05) is 0 Å². The number of halogens is 2. The average molecular weight is 400 g/mol. The first kappa shape index (κ1) is 19.6. The number of nitro groups is 1. The van der Waals surface area contributed by atoms with Crippen molar-refractivity contribution in [2.45, 2.75) is 6.92 Å². The molecule has 0 aliphatic carbocycles. The van der Waals surface area contributed by atoms with E-state index in [1.165, 1.54) is 6.07 Å². The molecule has 29 heavy (non-hydrogen) atoms. The van der Waals surface area contributed by atoms with E-state index in [2.05, 4.69) is 26.1 Å². The van der Waals surface area contributed by atoms with Gasteiger partial charge in [0.25, 0.3) is 5.91 Å². The minimum Gasteiger partial charge on any atom is -0.334 e. The third kappa shape index (κ3) is 4.40. The molecule has 0 saturated carbocycles. The van der Waals surface area contributed by atoms with Crippen LogP contribution in [0.1, 0.15) is 15.9 Å². The molecule has 0 saturated heterocycles. The Morgan fingerprint density at radius 1 is 1.07 bits per heavy atom. The van der Waals surface area contributed by atoms with Crippen molar-refractivity contribution in [3.8, 4) is 0 Å². The fourth-order valence-corrected chi connectivity index (χ4v) is 2.46. The second kappa shape index (κ2) is 8.25. The SMILES string of the molecule is Cc1ccccc1C(=O)NNc1ncnc(Nc2ccc(F)c(F)c2)c1[N+](=O)[O-]. The molecule has 3 N–H and O–H groups in total. The lowest BCUT2D eigenvalue weighted by atomic mass is 10.1. The fraction of sp³-hybridized carbons (Fsp3) is 0.0556. The number of carbonyl (C=O) groups excluding carboxylic acids is 1. The van der Waals surface area contributed by atoms with Crippen LogP contribution in [0.5, 0.6) is 0 Å². The Morgan fingerprint density at radius 3 is 2.48 bits per heavy atom. The number of carbonyl (C=O) groups is 1. The second-order valence-corrected chi connectivity index (χ2v) is 5.82. The number of hydrogen-bond acceptors (Lipinski definition) is 7. The number of benzene rings is 2. The zero-order valence-electron chi connectivity index (χ0n) is 14.9. The van der Waals surface area contributed by atoms with E-state index in [4.69, 9.17) is 0 Å². The zero-order valence-corrected chi connectivity index (χ0v) is 14.9. The van der Waals surface area contributed by atoms with Gasteiger partial charge in [-0.1, -0.05) is 18.2 Å². The molecule has 0 unspecified atom stereocenters. The highest BCUT2D eigenvalue weighted by Crippen LogP contribution is 2.31. The monoisotopic (exact) mass is 400 g/mol. The maximum Gasteiger partial charge on any atom is 0.355 e. The lowest BCUT2D eigenvalue weighted by Crippen LogP contribution is -2.30. The highest BCUT2D eigenvalue weighted by molar-refractivity contribution is 5.96. The van der Waals surface area contributed by atoms with Crippen LogP contribution in [0.25, 0.3) is 0 Å². The van der Waals surface area contributed by atoms with Crippen LogP contribution in [-0.2, 0) is 0 Å². The third-order valence-corrected chi connectivity index (χ3v) is 3.87. The van der Waals surface area contributed by atoms with Crippen LogP contribution in [0.3, 0.4) is 0 Å². The smallest absolute Gasteiger partial charge is 0.334 e. The molecule has 0 radical (unpaired) electrons. The first-order valence-corrected chi connectivity index (χ1v) is 8.20. The highest BCUT2D eigenvalue weighted by atomic mass is 19.2. The number of anilines is 3. The molecule has 1 amide bonds. The zero-order chi connectivity index (χ0) is 21.0. The fourth-order valence-electron chi connectivity index (χ4n) is 2.46. The normalized spacial score (nSPS) is 10.3. The number of rotatable bonds is 6. The van der Waals surface area contributed by atoms with Gasteiger partial charge in [-0.25, -0.2) is 18.7 Å². The van der Waals surface area contributed by atoms with Gasteiger partial charge in [-0.3, -0.25) is 25.8 Å². The van der Waals surface area contributed by atoms with Gasteiger partial charge in [0, 0.05) is 17.3 Å². The molecule has 0 aliphatic heterocycles. The summed E-state index contributed by atoms with van der Waals surface area (Å²) in [6.45, 7) is 1.74. The van der Waals surface area contributed by atoms with E-state index >= 15 is 0 Å². The summed E-state index contributed by atoms with van der Waals surface area (Å²) in [4.78, 5) is 30.6. The molecule has 11 heteroatoms. The Morgan fingerprint density at radius 2 is 1.79 bits per heavy atom. The Labute approximate surface area is 162 Å². The molecule has 9 nitrogen and oxygen atoms in total. The minimum absolute atomic E-state index is 0.0422. The molecule has 1 heterocycles. The number of nitrogens with one attached hydrogen (secondary N) is 3. The van der Waals surface area contributed by atoms with E-state index < -0.39 is 28.2 Å².